The van der Waals surface area contributed by atoms with Gasteiger partial charge in [-0.15, -0.1) is 0 Å². The van der Waals surface area contributed by atoms with Crippen molar-refractivity contribution >= 4 is 143 Å². The maximum atomic E-state index is 18.3. The van der Waals surface area contributed by atoms with E-state index in [0.29, 0.717) is 27.2 Å². The van der Waals surface area contributed by atoms with Crippen LogP contribution in [0.4, 0.5) is 103 Å². The minimum absolute atomic E-state index is 0.0137. The van der Waals surface area contributed by atoms with Gasteiger partial charge in [0, 0.05) is 77.8 Å². The van der Waals surface area contributed by atoms with Gasteiger partial charge in [-0.05, 0) is 148 Å². The Bertz CT molecular complexity index is 5340. The van der Waals surface area contributed by atoms with Crippen LogP contribution in [0.25, 0.3) is 22.3 Å². The first-order valence-electron chi connectivity index (χ1n) is 32.5. The molecule has 0 saturated heterocycles. The molecule has 0 aliphatic carbocycles. The fraction of sp³-hybridized carbons (Fsp3) is 0.0118. The number of halogens is 4. The third kappa shape index (κ3) is 9.48. The van der Waals surface area contributed by atoms with Gasteiger partial charge in [0.25, 0.3) is 6.71 Å². The third-order valence-corrected chi connectivity index (χ3v) is 20.5. The van der Waals surface area contributed by atoms with E-state index in [-0.39, 0.29) is 16.3 Å². The van der Waals surface area contributed by atoms with Gasteiger partial charge in [0.2, 0.25) is 6.71 Å². The molecule has 97 heavy (non-hydrogen) atoms. The summed E-state index contributed by atoms with van der Waals surface area (Å²) >= 11 is 1.16. The van der Waals surface area contributed by atoms with Gasteiger partial charge in [0.15, 0.2) is 0 Å². The molecule has 18 rings (SSSR count). The van der Waals surface area contributed by atoms with Crippen molar-refractivity contribution in [2.45, 2.75) is 16.0 Å². The molecule has 460 valence electrons. The standard InChI is InChI=1S/C85H55B2F4N5S/c88-70-45-23-28-50-75(70)96-77-52-62(92(58-33-11-3-12-34-58)59-35-13-4-14-36-59)51-76-81(77)86(66-43-21-26-48-73(66)94(76)61-39-17-6-18-40-61)68-55-69-84(80(83(68)96)85(89,90)91)97-79-54-63(93(60-37-15-5-16-38-60)71-46-24-19-41-64(71)56-29-7-1-8-30-56)53-78-82(79)87(69)67-44-22-27-49-74(67)95(78)72-47-25-20-42-65(72)57-31-9-2-10-32-57/h1-55H. The van der Waals surface area contributed by atoms with E-state index in [9.17, 15) is 0 Å². The number of nitrogens with zero attached hydrogens (tertiary/aromatic N) is 5. The lowest BCUT2D eigenvalue weighted by Crippen LogP contribution is -2.65. The summed E-state index contributed by atoms with van der Waals surface area (Å²) in [6, 6.07) is 111. The van der Waals surface area contributed by atoms with E-state index in [2.05, 4.69) is 153 Å². The maximum absolute atomic E-state index is 18.3. The van der Waals surface area contributed by atoms with Gasteiger partial charge >= 0.3 is 6.18 Å². The number of alkyl halides is 3. The van der Waals surface area contributed by atoms with Crippen molar-refractivity contribution in [3.63, 3.8) is 0 Å². The summed E-state index contributed by atoms with van der Waals surface area (Å²) in [6.45, 7) is -1.51. The lowest BCUT2D eigenvalue weighted by molar-refractivity contribution is -0.139. The summed E-state index contributed by atoms with van der Waals surface area (Å²) in [5.74, 6) is -0.669. The molecule has 0 fully saturated rings. The Morgan fingerprint density at radius 2 is 0.753 bits per heavy atom. The van der Waals surface area contributed by atoms with E-state index in [1.807, 2.05) is 176 Å². The van der Waals surface area contributed by atoms with Gasteiger partial charge in [-0.2, -0.15) is 13.2 Å². The van der Waals surface area contributed by atoms with Crippen LogP contribution in [-0.4, -0.2) is 13.4 Å². The van der Waals surface area contributed by atoms with Gasteiger partial charge < -0.3 is 24.5 Å². The molecule has 0 spiro atoms. The van der Waals surface area contributed by atoms with Crippen molar-refractivity contribution in [1.29, 1.82) is 0 Å². The summed E-state index contributed by atoms with van der Waals surface area (Å²) < 4.78 is 72.6. The normalized spacial score (nSPS) is 13.0. The number of benzene rings is 14. The van der Waals surface area contributed by atoms with Crippen molar-refractivity contribution < 1.29 is 17.6 Å². The average molecular weight is 1280 g/mol. The molecule has 4 aliphatic rings. The summed E-state index contributed by atoms with van der Waals surface area (Å²) in [5.41, 5.74) is 17.5. The molecular weight excluding hydrogens is 1220 g/mol. The number of para-hydroxylation sites is 9. The monoisotopic (exact) mass is 1280 g/mol. The van der Waals surface area contributed by atoms with Crippen LogP contribution in [-0.2, 0) is 6.18 Å². The van der Waals surface area contributed by atoms with Crippen molar-refractivity contribution in [3.05, 3.63) is 345 Å². The Kier molecular flexibility index (Phi) is 13.9. The second kappa shape index (κ2) is 23.3. The molecule has 0 amide bonds. The molecule has 14 aromatic rings. The van der Waals surface area contributed by atoms with Crippen molar-refractivity contribution in [2.75, 3.05) is 24.5 Å². The molecule has 0 unspecified atom stereocenters. The van der Waals surface area contributed by atoms with Gasteiger partial charge in [-0.25, -0.2) is 4.39 Å². The molecule has 0 aromatic heterocycles. The van der Waals surface area contributed by atoms with Crippen LogP contribution in [0.1, 0.15) is 5.56 Å². The zero-order valence-electron chi connectivity index (χ0n) is 52.1. The minimum atomic E-state index is -5.02. The van der Waals surface area contributed by atoms with Crippen LogP contribution in [0.2, 0.25) is 0 Å². The van der Waals surface area contributed by atoms with Gasteiger partial charge in [0.1, 0.15) is 5.82 Å². The number of fused-ring (bicyclic) bond motifs is 8. The lowest BCUT2D eigenvalue weighted by Gasteiger charge is -2.47. The largest absolute Gasteiger partial charge is 0.419 e. The molecule has 0 radical (unpaired) electrons. The van der Waals surface area contributed by atoms with E-state index < -0.39 is 31.0 Å². The highest BCUT2D eigenvalue weighted by Crippen LogP contribution is 2.56. The highest BCUT2D eigenvalue weighted by molar-refractivity contribution is 8.00. The van der Waals surface area contributed by atoms with Crippen LogP contribution >= 0.6 is 11.8 Å². The van der Waals surface area contributed by atoms with Crippen LogP contribution in [0.5, 0.6) is 0 Å². The van der Waals surface area contributed by atoms with Crippen LogP contribution in [0, 0.1) is 5.82 Å². The highest BCUT2D eigenvalue weighted by atomic mass is 32.2. The number of anilines is 15. The van der Waals surface area contributed by atoms with E-state index >= 15 is 17.6 Å². The molecule has 4 aliphatic heterocycles. The SMILES string of the molecule is Fc1ccccc1N1c2cc(N(c3ccccc3)c3ccccc3)cc3c2B(c2ccccc2N3c2ccccc2)c2cc3c(c(C(F)(F)F)c21)Sc1cc(N(c2ccccc2)c2ccccc2-c2ccccc2)cc2c1B3c1ccccc1N2c1ccccc1-c1ccccc1. The fourth-order valence-corrected chi connectivity index (χ4v) is 16.8. The Hall–Kier alpha value is -11.7. The van der Waals surface area contributed by atoms with Crippen molar-refractivity contribution in [3.8, 4) is 22.3 Å². The average Bonchev–Trinajstić information content (AvgIpc) is 0.682. The molecule has 4 heterocycles. The topological polar surface area (TPSA) is 16.2 Å². The molecular formula is C85H55B2F4N5S. The Morgan fingerprint density at radius 1 is 0.320 bits per heavy atom. The van der Waals surface area contributed by atoms with E-state index in [0.717, 1.165) is 118 Å². The summed E-state index contributed by atoms with van der Waals surface area (Å²) in [4.78, 5) is 11.2. The first-order valence-corrected chi connectivity index (χ1v) is 33.3. The number of hydrogen-bond donors (Lipinski definition) is 0. The Labute approximate surface area is 565 Å². The summed E-state index contributed by atoms with van der Waals surface area (Å²) in [6.07, 6.45) is -5.02. The lowest BCUT2D eigenvalue weighted by atomic mass is 9.30. The van der Waals surface area contributed by atoms with E-state index in [4.69, 9.17) is 0 Å². The van der Waals surface area contributed by atoms with E-state index in [1.165, 1.54) is 6.07 Å². The Morgan fingerprint density at radius 3 is 1.34 bits per heavy atom. The zero-order chi connectivity index (χ0) is 64.9. The van der Waals surface area contributed by atoms with Crippen LogP contribution in [0.15, 0.2) is 343 Å². The van der Waals surface area contributed by atoms with E-state index in [1.54, 1.807) is 23.1 Å². The second-order valence-corrected chi connectivity index (χ2v) is 25.8. The molecule has 0 bridgehead atoms. The first-order chi connectivity index (χ1) is 47.7. The highest BCUT2D eigenvalue weighted by Gasteiger charge is 2.53. The second-order valence-electron chi connectivity index (χ2n) is 24.7. The van der Waals surface area contributed by atoms with Crippen LogP contribution < -0.4 is 57.3 Å². The predicted molar refractivity (Wildman–Crippen MR) is 396 cm³/mol. The third-order valence-electron chi connectivity index (χ3n) is 19.3. The fourth-order valence-electron chi connectivity index (χ4n) is 15.4. The van der Waals surface area contributed by atoms with Crippen LogP contribution in [0.3, 0.4) is 0 Å². The van der Waals surface area contributed by atoms with Gasteiger partial charge in [-0.1, -0.05) is 242 Å². The zero-order valence-corrected chi connectivity index (χ0v) is 52.9. The van der Waals surface area contributed by atoms with Crippen molar-refractivity contribution in [2.24, 2.45) is 0 Å². The number of hydrogen-bond acceptors (Lipinski definition) is 6. The quantitative estimate of drug-likeness (QED) is 0.0941. The minimum Gasteiger partial charge on any atom is -0.311 e. The molecule has 12 heteroatoms. The predicted octanol–water partition coefficient (Wildman–Crippen LogP) is 20.0. The molecule has 0 atom stereocenters. The molecule has 0 saturated carbocycles. The maximum Gasteiger partial charge on any atom is 0.419 e. The molecule has 5 nitrogen and oxygen atoms in total. The summed E-state index contributed by atoms with van der Waals surface area (Å²) in [7, 11) is 0. The molecule has 14 aromatic carbocycles. The van der Waals surface area contributed by atoms with Gasteiger partial charge in [0.05, 0.1) is 34.0 Å². The molecule has 0 N–H and O–H groups in total. The van der Waals surface area contributed by atoms with Gasteiger partial charge in [-0.3, -0.25) is 0 Å². The smallest absolute Gasteiger partial charge is 0.311 e. The van der Waals surface area contributed by atoms with Crippen molar-refractivity contribution in [1.82, 2.24) is 0 Å². The Balaban J connectivity index is 0.963. The number of rotatable bonds is 11. The summed E-state index contributed by atoms with van der Waals surface area (Å²) in [5, 5.41) is 0. The first kappa shape index (κ1) is 57.9.